The molecule has 0 saturated carbocycles. The number of anilines is 9. The fourth-order valence-corrected chi connectivity index (χ4v) is 10.1. The number of para-hydroxylation sites is 2. The van der Waals surface area contributed by atoms with Crippen LogP contribution in [0.4, 0.5) is 51.2 Å². The van der Waals surface area contributed by atoms with Crippen molar-refractivity contribution in [2.45, 2.75) is 52.4 Å². The van der Waals surface area contributed by atoms with Crippen molar-refractivity contribution < 1.29 is 0 Å². The normalized spacial score (nSPS) is 12.9. The van der Waals surface area contributed by atoms with Crippen LogP contribution in [-0.4, -0.2) is 6.71 Å². The summed E-state index contributed by atoms with van der Waals surface area (Å²) in [7, 11) is 0. The van der Waals surface area contributed by atoms with Crippen LogP contribution in [0.2, 0.25) is 0 Å². The molecule has 4 heteroatoms. The van der Waals surface area contributed by atoms with Gasteiger partial charge in [0, 0.05) is 45.5 Å². The molecule has 0 N–H and O–H groups in total. The Morgan fingerprint density at radius 2 is 0.727 bits per heavy atom. The van der Waals surface area contributed by atoms with Crippen LogP contribution in [-0.2, 0) is 10.8 Å². The molecule has 2 aliphatic heterocycles. The molecule has 0 unspecified atom stereocenters. The third-order valence-electron chi connectivity index (χ3n) is 13.5. The van der Waals surface area contributed by atoms with Gasteiger partial charge in [-0.1, -0.05) is 187 Å². The Morgan fingerprint density at radius 1 is 0.333 bits per heavy atom. The zero-order chi connectivity index (χ0) is 45.2. The van der Waals surface area contributed by atoms with Crippen LogP contribution in [0.15, 0.2) is 218 Å². The molecule has 0 aromatic heterocycles. The summed E-state index contributed by atoms with van der Waals surface area (Å²) < 4.78 is 0. The molecule has 0 aliphatic carbocycles. The van der Waals surface area contributed by atoms with Crippen LogP contribution in [0.3, 0.4) is 0 Å². The summed E-state index contributed by atoms with van der Waals surface area (Å²) in [5.74, 6) is 0. The van der Waals surface area contributed by atoms with Gasteiger partial charge in [0.1, 0.15) is 0 Å². The first-order valence-corrected chi connectivity index (χ1v) is 23.3. The molecule has 0 radical (unpaired) electrons. The molecule has 0 amide bonds. The van der Waals surface area contributed by atoms with Crippen LogP contribution in [0.25, 0.3) is 22.3 Å². The van der Waals surface area contributed by atoms with E-state index >= 15 is 0 Å². The van der Waals surface area contributed by atoms with Crippen LogP contribution < -0.4 is 31.1 Å². The third kappa shape index (κ3) is 7.27. The summed E-state index contributed by atoms with van der Waals surface area (Å²) in [6.07, 6.45) is 0. The first-order chi connectivity index (χ1) is 32.0. The number of benzene rings is 9. The van der Waals surface area contributed by atoms with Crippen LogP contribution in [0.5, 0.6) is 0 Å². The van der Waals surface area contributed by atoms with E-state index in [1.807, 2.05) is 0 Å². The first-order valence-electron chi connectivity index (χ1n) is 23.3. The highest BCUT2D eigenvalue weighted by Crippen LogP contribution is 2.49. The summed E-state index contributed by atoms with van der Waals surface area (Å²) in [5.41, 5.74) is 21.6. The van der Waals surface area contributed by atoms with Crippen molar-refractivity contribution in [1.29, 1.82) is 0 Å². The Morgan fingerprint density at radius 3 is 1.23 bits per heavy atom. The molecule has 11 rings (SSSR count). The minimum atomic E-state index is -0.0526. The minimum absolute atomic E-state index is 0.0206. The summed E-state index contributed by atoms with van der Waals surface area (Å²) >= 11 is 0. The summed E-state index contributed by atoms with van der Waals surface area (Å²) in [4.78, 5) is 7.49. The van der Waals surface area contributed by atoms with E-state index < -0.39 is 0 Å². The van der Waals surface area contributed by atoms with Crippen molar-refractivity contribution in [2.75, 3.05) is 14.7 Å². The van der Waals surface area contributed by atoms with Gasteiger partial charge < -0.3 is 14.7 Å². The lowest BCUT2D eigenvalue weighted by molar-refractivity contribution is 0.590. The Kier molecular flexibility index (Phi) is 10.1. The zero-order valence-electron chi connectivity index (χ0n) is 38.7. The molecule has 3 nitrogen and oxygen atoms in total. The van der Waals surface area contributed by atoms with E-state index in [0.29, 0.717) is 0 Å². The molecule has 0 atom stereocenters. The largest absolute Gasteiger partial charge is 0.311 e. The van der Waals surface area contributed by atoms with Gasteiger partial charge in [-0.15, -0.1) is 0 Å². The molecule has 0 bridgehead atoms. The van der Waals surface area contributed by atoms with Gasteiger partial charge in [-0.2, -0.15) is 0 Å². The van der Waals surface area contributed by atoms with E-state index in [2.05, 4.69) is 275 Å². The standard InChI is InChI=1S/C62H54BN3/c1-61(2,3)47-30-35-52(36-31-47)66-57-38-32-48(62(4,5)6)40-55(57)63-54-39-46(44-21-13-8-14-22-44)29-37-56(54)65(51-33-27-45(28-34-51)43-19-11-7-12-20-43)58-41-53(42-59(66)60(58)63)64(49-23-15-9-16-24-49)50-25-17-10-18-26-50/h7-42H,1-6H3. The Hall–Kier alpha value is -7.56. The molecule has 2 aliphatic rings. The quantitative estimate of drug-likeness (QED) is 0.148. The first kappa shape index (κ1) is 41.2. The maximum Gasteiger partial charge on any atom is 0.252 e. The minimum Gasteiger partial charge on any atom is -0.311 e. The van der Waals surface area contributed by atoms with Crippen LogP contribution >= 0.6 is 0 Å². The molecule has 2 heterocycles. The number of hydrogen-bond donors (Lipinski definition) is 0. The Bertz CT molecular complexity index is 3150. The van der Waals surface area contributed by atoms with Gasteiger partial charge in [0.2, 0.25) is 0 Å². The smallest absolute Gasteiger partial charge is 0.252 e. The highest BCUT2D eigenvalue weighted by atomic mass is 15.2. The molecule has 0 spiro atoms. The van der Waals surface area contributed by atoms with Gasteiger partial charge in [-0.3, -0.25) is 0 Å². The summed E-state index contributed by atoms with van der Waals surface area (Å²) in [6.45, 7) is 13.8. The number of nitrogens with zero attached hydrogens (tertiary/aromatic N) is 3. The highest BCUT2D eigenvalue weighted by Gasteiger charge is 2.44. The topological polar surface area (TPSA) is 9.72 Å². The fourth-order valence-electron chi connectivity index (χ4n) is 10.1. The lowest BCUT2D eigenvalue weighted by atomic mass is 9.33. The summed E-state index contributed by atoms with van der Waals surface area (Å²) in [6, 6.07) is 80.9. The lowest BCUT2D eigenvalue weighted by Crippen LogP contribution is -2.61. The van der Waals surface area contributed by atoms with E-state index in [0.717, 1.165) is 28.4 Å². The van der Waals surface area contributed by atoms with Crippen molar-refractivity contribution in [3.05, 3.63) is 230 Å². The van der Waals surface area contributed by atoms with Gasteiger partial charge in [-0.25, -0.2) is 0 Å². The molecular formula is C62H54BN3. The van der Waals surface area contributed by atoms with E-state index in [1.165, 1.54) is 72.5 Å². The SMILES string of the molecule is CC(C)(C)c1ccc(N2c3ccc(C(C)(C)C)cc3B3c4cc(-c5ccccc5)ccc4N(c4ccc(-c5ccccc5)cc4)c4cc(N(c5ccccc5)c5ccccc5)cc2c43)cc1. The Labute approximate surface area is 391 Å². The molecular weight excluding hydrogens is 798 g/mol. The van der Waals surface area contributed by atoms with Gasteiger partial charge in [0.25, 0.3) is 6.71 Å². The average Bonchev–Trinajstić information content (AvgIpc) is 3.34. The number of hydrogen-bond acceptors (Lipinski definition) is 3. The van der Waals surface area contributed by atoms with Crippen LogP contribution in [0, 0.1) is 0 Å². The predicted molar refractivity (Wildman–Crippen MR) is 283 cm³/mol. The van der Waals surface area contributed by atoms with Gasteiger partial charge in [0.05, 0.1) is 5.69 Å². The van der Waals surface area contributed by atoms with E-state index in [-0.39, 0.29) is 17.5 Å². The third-order valence-corrected chi connectivity index (χ3v) is 13.5. The average molecular weight is 852 g/mol. The van der Waals surface area contributed by atoms with Crippen molar-refractivity contribution in [3.63, 3.8) is 0 Å². The van der Waals surface area contributed by atoms with Crippen molar-refractivity contribution in [3.8, 4) is 22.3 Å². The van der Waals surface area contributed by atoms with Crippen molar-refractivity contribution in [1.82, 2.24) is 0 Å². The molecule has 66 heavy (non-hydrogen) atoms. The van der Waals surface area contributed by atoms with Gasteiger partial charge in [-0.05, 0) is 133 Å². The molecule has 0 saturated heterocycles. The van der Waals surface area contributed by atoms with Gasteiger partial charge >= 0.3 is 0 Å². The summed E-state index contributed by atoms with van der Waals surface area (Å²) in [5, 5.41) is 0. The van der Waals surface area contributed by atoms with E-state index in [4.69, 9.17) is 0 Å². The second-order valence-corrected chi connectivity index (χ2v) is 19.9. The molecule has 0 fully saturated rings. The zero-order valence-corrected chi connectivity index (χ0v) is 38.7. The number of rotatable bonds is 7. The second-order valence-electron chi connectivity index (χ2n) is 19.9. The van der Waals surface area contributed by atoms with Crippen LogP contribution in [0.1, 0.15) is 52.7 Å². The fraction of sp³-hybridized carbons (Fsp3) is 0.129. The number of fused-ring (bicyclic) bond motifs is 4. The van der Waals surface area contributed by atoms with E-state index in [9.17, 15) is 0 Å². The Balaban J connectivity index is 1.25. The lowest BCUT2D eigenvalue weighted by Gasteiger charge is -2.45. The molecule has 320 valence electrons. The maximum atomic E-state index is 2.55. The monoisotopic (exact) mass is 851 g/mol. The molecule has 9 aromatic carbocycles. The highest BCUT2D eigenvalue weighted by molar-refractivity contribution is 7.00. The van der Waals surface area contributed by atoms with Gasteiger partial charge in [0.15, 0.2) is 0 Å². The van der Waals surface area contributed by atoms with E-state index in [1.54, 1.807) is 0 Å². The molecule has 9 aromatic rings. The van der Waals surface area contributed by atoms with Crippen molar-refractivity contribution in [2.24, 2.45) is 0 Å². The predicted octanol–water partition coefficient (Wildman–Crippen LogP) is 15.2. The maximum absolute atomic E-state index is 2.55. The second kappa shape index (κ2) is 16.2. The van der Waals surface area contributed by atoms with Crippen molar-refractivity contribution >= 4 is 74.3 Å².